The van der Waals surface area contributed by atoms with Gasteiger partial charge in [0.2, 0.25) is 0 Å². The highest BCUT2D eigenvalue weighted by Gasteiger charge is 2.13. The molecule has 4 heteroatoms. The smallest absolute Gasteiger partial charge is 0.407 e. The zero-order valence-corrected chi connectivity index (χ0v) is 13.0. The predicted molar refractivity (Wildman–Crippen MR) is 88.2 cm³/mol. The van der Waals surface area contributed by atoms with Crippen molar-refractivity contribution in [1.82, 2.24) is 5.32 Å². The summed E-state index contributed by atoms with van der Waals surface area (Å²) in [6, 6.07) is 13.4. The van der Waals surface area contributed by atoms with Crippen LogP contribution in [-0.2, 0) is 30.7 Å². The second-order valence-corrected chi connectivity index (χ2v) is 5.87. The summed E-state index contributed by atoms with van der Waals surface area (Å²) in [7, 11) is 0. The number of aromatic hydroxyl groups is 1. The lowest BCUT2D eigenvalue weighted by Crippen LogP contribution is -2.24. The summed E-state index contributed by atoms with van der Waals surface area (Å²) in [5.74, 6) is 0.244. The van der Waals surface area contributed by atoms with Crippen LogP contribution in [0.2, 0.25) is 0 Å². The van der Waals surface area contributed by atoms with Crippen LogP contribution in [0.3, 0.4) is 0 Å². The van der Waals surface area contributed by atoms with E-state index in [0.29, 0.717) is 0 Å². The fourth-order valence-corrected chi connectivity index (χ4v) is 2.91. The van der Waals surface area contributed by atoms with E-state index in [0.717, 1.165) is 24.0 Å². The van der Waals surface area contributed by atoms with E-state index in [1.165, 1.54) is 24.0 Å². The van der Waals surface area contributed by atoms with E-state index in [1.807, 2.05) is 42.5 Å². The number of amides is 1. The third-order valence-electron chi connectivity index (χ3n) is 4.18. The summed E-state index contributed by atoms with van der Waals surface area (Å²) >= 11 is 0. The normalized spacial score (nSPS) is 13.2. The topological polar surface area (TPSA) is 58.6 Å². The Morgan fingerprint density at radius 1 is 1.09 bits per heavy atom. The first kappa shape index (κ1) is 15.4. The fraction of sp³-hybridized carbons (Fsp3) is 0.316. The van der Waals surface area contributed by atoms with Gasteiger partial charge in [0.25, 0.3) is 0 Å². The van der Waals surface area contributed by atoms with Gasteiger partial charge in [0.1, 0.15) is 12.4 Å². The van der Waals surface area contributed by atoms with Gasteiger partial charge in [0.05, 0.1) is 0 Å². The molecule has 23 heavy (non-hydrogen) atoms. The number of rotatable bonds is 4. The van der Waals surface area contributed by atoms with Gasteiger partial charge in [-0.3, -0.25) is 0 Å². The number of alkyl carbamates (subject to hydrolysis) is 1. The standard InChI is InChI=1S/C19H21NO3/c21-18-11-16-9-5-4-8-15(16)10-17(18)12-20-19(22)23-13-14-6-2-1-3-7-14/h1-3,6-7,10-11,21H,4-5,8-9,12-13H2,(H,20,22). The summed E-state index contributed by atoms with van der Waals surface area (Å²) < 4.78 is 5.17. The molecule has 0 saturated heterocycles. The van der Waals surface area contributed by atoms with Crippen LogP contribution in [0.15, 0.2) is 42.5 Å². The van der Waals surface area contributed by atoms with Crippen molar-refractivity contribution in [3.05, 3.63) is 64.7 Å². The molecule has 0 saturated carbocycles. The number of nitrogens with one attached hydrogen (secondary N) is 1. The van der Waals surface area contributed by atoms with Crippen LogP contribution >= 0.6 is 0 Å². The number of hydrogen-bond donors (Lipinski definition) is 2. The summed E-state index contributed by atoms with van der Waals surface area (Å²) in [6.07, 6.45) is 3.95. The maximum absolute atomic E-state index is 11.8. The van der Waals surface area contributed by atoms with Crippen LogP contribution in [0.5, 0.6) is 5.75 Å². The number of benzene rings is 2. The summed E-state index contributed by atoms with van der Waals surface area (Å²) in [6.45, 7) is 0.510. The van der Waals surface area contributed by atoms with Crippen LogP contribution < -0.4 is 5.32 Å². The largest absolute Gasteiger partial charge is 0.508 e. The number of phenolic OH excluding ortho intramolecular Hbond substituents is 1. The maximum atomic E-state index is 11.8. The van der Waals surface area contributed by atoms with E-state index in [4.69, 9.17) is 4.74 Å². The number of aryl methyl sites for hydroxylation is 2. The molecule has 2 aromatic carbocycles. The molecular weight excluding hydrogens is 290 g/mol. The molecule has 1 aliphatic rings. The lowest BCUT2D eigenvalue weighted by atomic mass is 9.90. The Kier molecular flexibility index (Phi) is 4.81. The van der Waals surface area contributed by atoms with Crippen LogP contribution in [0, 0.1) is 0 Å². The first-order valence-corrected chi connectivity index (χ1v) is 8.00. The number of fused-ring (bicyclic) bond motifs is 1. The van der Waals surface area contributed by atoms with Gasteiger partial charge in [-0.15, -0.1) is 0 Å². The molecule has 0 aromatic heterocycles. The van der Waals surface area contributed by atoms with Gasteiger partial charge in [0, 0.05) is 12.1 Å². The lowest BCUT2D eigenvalue weighted by molar-refractivity contribution is 0.139. The van der Waals surface area contributed by atoms with E-state index in [1.54, 1.807) is 0 Å². The van der Waals surface area contributed by atoms with Gasteiger partial charge in [-0.25, -0.2) is 4.79 Å². The highest BCUT2D eigenvalue weighted by molar-refractivity contribution is 5.67. The number of phenols is 1. The average molecular weight is 311 g/mol. The Bertz CT molecular complexity index is 683. The van der Waals surface area contributed by atoms with Gasteiger partial charge >= 0.3 is 6.09 Å². The van der Waals surface area contributed by atoms with Crippen LogP contribution in [0.1, 0.15) is 35.1 Å². The van der Waals surface area contributed by atoms with Crippen molar-refractivity contribution in [2.75, 3.05) is 0 Å². The Morgan fingerprint density at radius 2 is 1.78 bits per heavy atom. The van der Waals surface area contributed by atoms with Crippen LogP contribution in [-0.4, -0.2) is 11.2 Å². The molecule has 0 spiro atoms. The SMILES string of the molecule is O=C(NCc1cc2c(cc1O)CCCC2)OCc1ccccc1. The molecule has 1 aliphatic carbocycles. The lowest BCUT2D eigenvalue weighted by Gasteiger charge is -2.18. The fourth-order valence-electron chi connectivity index (χ4n) is 2.91. The van der Waals surface area contributed by atoms with Crippen molar-refractivity contribution in [1.29, 1.82) is 0 Å². The van der Waals surface area contributed by atoms with Gasteiger partial charge < -0.3 is 15.2 Å². The number of ether oxygens (including phenoxy) is 1. The molecule has 3 rings (SSSR count). The van der Waals surface area contributed by atoms with E-state index in [-0.39, 0.29) is 18.9 Å². The second kappa shape index (κ2) is 7.18. The first-order chi connectivity index (χ1) is 11.2. The molecule has 0 unspecified atom stereocenters. The molecule has 2 N–H and O–H groups in total. The Hall–Kier alpha value is -2.49. The molecule has 0 radical (unpaired) electrons. The van der Waals surface area contributed by atoms with Crippen molar-refractivity contribution in [3.63, 3.8) is 0 Å². The minimum Gasteiger partial charge on any atom is -0.508 e. The van der Waals surface area contributed by atoms with Crippen molar-refractivity contribution in [2.45, 2.75) is 38.8 Å². The molecule has 0 heterocycles. The third kappa shape index (κ3) is 4.03. The zero-order valence-electron chi connectivity index (χ0n) is 13.0. The molecule has 2 aromatic rings. The first-order valence-electron chi connectivity index (χ1n) is 8.00. The molecule has 0 aliphatic heterocycles. The summed E-state index contributed by atoms with van der Waals surface area (Å²) in [5.41, 5.74) is 4.19. The van der Waals surface area contributed by atoms with Gasteiger partial charge in [-0.05, 0) is 48.4 Å². The van der Waals surface area contributed by atoms with E-state index in [9.17, 15) is 9.90 Å². The van der Waals surface area contributed by atoms with Crippen LogP contribution in [0.4, 0.5) is 4.79 Å². The maximum Gasteiger partial charge on any atom is 0.407 e. The van der Waals surface area contributed by atoms with E-state index in [2.05, 4.69) is 5.32 Å². The molecule has 0 bridgehead atoms. The minimum atomic E-state index is -0.481. The molecular formula is C19H21NO3. The summed E-state index contributed by atoms with van der Waals surface area (Å²) in [5, 5.41) is 12.8. The Labute approximate surface area is 136 Å². The van der Waals surface area contributed by atoms with E-state index >= 15 is 0 Å². The number of carbonyl (C=O) groups excluding carboxylic acids is 1. The average Bonchev–Trinajstić information content (AvgIpc) is 2.59. The van der Waals surface area contributed by atoms with Crippen molar-refractivity contribution < 1.29 is 14.6 Å². The summed E-state index contributed by atoms with van der Waals surface area (Å²) in [4.78, 5) is 11.8. The van der Waals surface area contributed by atoms with Crippen LogP contribution in [0.25, 0.3) is 0 Å². The van der Waals surface area contributed by atoms with Crippen molar-refractivity contribution >= 4 is 6.09 Å². The van der Waals surface area contributed by atoms with Gasteiger partial charge in [-0.1, -0.05) is 36.4 Å². The molecule has 0 atom stereocenters. The quantitative estimate of drug-likeness (QED) is 0.905. The van der Waals surface area contributed by atoms with Crippen molar-refractivity contribution in [3.8, 4) is 5.75 Å². The molecule has 0 fully saturated rings. The second-order valence-electron chi connectivity index (χ2n) is 5.87. The monoisotopic (exact) mass is 311 g/mol. The zero-order chi connectivity index (χ0) is 16.1. The van der Waals surface area contributed by atoms with Crippen molar-refractivity contribution in [2.24, 2.45) is 0 Å². The van der Waals surface area contributed by atoms with Gasteiger partial charge in [-0.2, -0.15) is 0 Å². The molecule has 1 amide bonds. The number of carbonyl (C=O) groups is 1. The molecule has 4 nitrogen and oxygen atoms in total. The highest BCUT2D eigenvalue weighted by atomic mass is 16.5. The van der Waals surface area contributed by atoms with Gasteiger partial charge in [0.15, 0.2) is 0 Å². The van der Waals surface area contributed by atoms with E-state index < -0.39 is 6.09 Å². The molecule has 120 valence electrons. The number of hydrogen-bond acceptors (Lipinski definition) is 3. The minimum absolute atomic E-state index is 0.239. The predicted octanol–water partition coefficient (Wildman–Crippen LogP) is 3.70. The third-order valence-corrected chi connectivity index (χ3v) is 4.18. The highest BCUT2D eigenvalue weighted by Crippen LogP contribution is 2.28. The Morgan fingerprint density at radius 3 is 2.52 bits per heavy atom. The Balaban J connectivity index is 1.54.